The zero-order valence-electron chi connectivity index (χ0n) is 9.31. The fourth-order valence-electron chi connectivity index (χ4n) is 1.40. The summed E-state index contributed by atoms with van der Waals surface area (Å²) >= 11 is 1.52. The Balaban J connectivity index is 2.09. The number of nitrogens with two attached hydrogens (primary N) is 1. The molecular weight excluding hydrogens is 255 g/mol. The molecule has 18 heavy (non-hydrogen) atoms. The van der Waals surface area contributed by atoms with Gasteiger partial charge in [-0.15, -0.1) is 11.3 Å². The molecule has 5 nitrogen and oxygen atoms in total. The molecule has 0 unspecified atom stereocenters. The molecule has 2 rings (SSSR count). The minimum absolute atomic E-state index is 0.0884. The number of hydrogen-bond donors (Lipinski definition) is 3. The van der Waals surface area contributed by atoms with Crippen molar-refractivity contribution in [3.8, 4) is 0 Å². The lowest BCUT2D eigenvalue weighted by molar-refractivity contribution is 0.0947. The van der Waals surface area contributed by atoms with Gasteiger partial charge in [-0.25, -0.2) is 15.2 Å². The van der Waals surface area contributed by atoms with E-state index in [0.717, 1.165) is 4.88 Å². The Morgan fingerprint density at radius 1 is 1.50 bits per heavy atom. The van der Waals surface area contributed by atoms with Gasteiger partial charge in [0.1, 0.15) is 0 Å². The van der Waals surface area contributed by atoms with Crippen molar-refractivity contribution in [2.24, 2.45) is 5.84 Å². The number of halogens is 1. The van der Waals surface area contributed by atoms with Gasteiger partial charge in [-0.2, -0.15) is 0 Å². The molecule has 0 aliphatic rings. The number of hydrogen-bond acceptors (Lipinski definition) is 5. The maximum Gasteiger partial charge on any atom is 0.254 e. The van der Waals surface area contributed by atoms with Crippen LogP contribution in [-0.2, 0) is 6.54 Å². The SMILES string of the molecule is NNc1nccc(C(=O)NCc2cccs2)c1F. The van der Waals surface area contributed by atoms with E-state index in [1.165, 1.54) is 23.6 Å². The average Bonchev–Trinajstić information content (AvgIpc) is 2.89. The first-order valence-corrected chi connectivity index (χ1v) is 6.02. The van der Waals surface area contributed by atoms with Crippen molar-refractivity contribution in [3.05, 3.63) is 46.0 Å². The van der Waals surface area contributed by atoms with Crippen molar-refractivity contribution in [2.75, 3.05) is 5.43 Å². The number of anilines is 1. The number of nitrogens with zero attached hydrogens (tertiary/aromatic N) is 1. The number of aromatic nitrogens is 1. The van der Waals surface area contributed by atoms with E-state index in [1.807, 2.05) is 17.5 Å². The summed E-state index contributed by atoms with van der Waals surface area (Å²) in [5.41, 5.74) is 2.01. The van der Waals surface area contributed by atoms with Gasteiger partial charge in [-0.1, -0.05) is 6.07 Å². The van der Waals surface area contributed by atoms with Crippen LogP contribution in [0, 0.1) is 5.82 Å². The normalized spacial score (nSPS) is 10.1. The summed E-state index contributed by atoms with van der Waals surface area (Å²) in [7, 11) is 0. The van der Waals surface area contributed by atoms with E-state index in [0.29, 0.717) is 6.54 Å². The summed E-state index contributed by atoms with van der Waals surface area (Å²) in [5.74, 6) is 3.67. The number of hydrazine groups is 1. The van der Waals surface area contributed by atoms with Gasteiger partial charge >= 0.3 is 0 Å². The summed E-state index contributed by atoms with van der Waals surface area (Å²) in [6, 6.07) is 5.08. The smallest absolute Gasteiger partial charge is 0.254 e. The molecule has 0 radical (unpaired) electrons. The predicted octanol–water partition coefficient (Wildman–Crippen LogP) is 1.50. The van der Waals surface area contributed by atoms with Gasteiger partial charge < -0.3 is 10.7 Å². The first-order valence-electron chi connectivity index (χ1n) is 5.14. The summed E-state index contributed by atoms with van der Waals surface area (Å²) in [5, 5.41) is 4.54. The third-order valence-corrected chi connectivity index (χ3v) is 3.15. The average molecular weight is 266 g/mol. The number of carbonyl (C=O) groups excluding carboxylic acids is 1. The lowest BCUT2D eigenvalue weighted by Gasteiger charge is -2.07. The third kappa shape index (κ3) is 2.63. The van der Waals surface area contributed by atoms with E-state index in [-0.39, 0.29) is 11.4 Å². The number of amides is 1. The summed E-state index contributed by atoms with van der Waals surface area (Å²) in [4.78, 5) is 16.4. The lowest BCUT2D eigenvalue weighted by Crippen LogP contribution is -2.24. The molecule has 7 heteroatoms. The second-order valence-corrected chi connectivity index (χ2v) is 4.46. The number of pyridine rings is 1. The Kier molecular flexibility index (Phi) is 3.85. The van der Waals surface area contributed by atoms with Gasteiger partial charge in [0.25, 0.3) is 5.91 Å². The van der Waals surface area contributed by atoms with Crippen LogP contribution < -0.4 is 16.6 Å². The highest BCUT2D eigenvalue weighted by atomic mass is 32.1. The topological polar surface area (TPSA) is 80.0 Å². The molecule has 0 saturated heterocycles. The summed E-state index contributed by atoms with van der Waals surface area (Å²) < 4.78 is 13.7. The Morgan fingerprint density at radius 2 is 2.33 bits per heavy atom. The second-order valence-electron chi connectivity index (χ2n) is 3.43. The lowest BCUT2D eigenvalue weighted by atomic mass is 10.2. The van der Waals surface area contributed by atoms with Crippen LogP contribution in [-0.4, -0.2) is 10.9 Å². The fourth-order valence-corrected chi connectivity index (χ4v) is 2.04. The van der Waals surface area contributed by atoms with Crippen LogP contribution in [0.3, 0.4) is 0 Å². The van der Waals surface area contributed by atoms with E-state index in [1.54, 1.807) is 0 Å². The van der Waals surface area contributed by atoms with Crippen molar-refractivity contribution in [2.45, 2.75) is 6.54 Å². The first-order chi connectivity index (χ1) is 8.72. The standard InChI is InChI=1S/C11H11FN4OS/c12-9-8(3-4-14-10(9)16-13)11(17)15-6-7-2-1-5-18-7/h1-5H,6,13H2,(H,14,16)(H,15,17). The van der Waals surface area contributed by atoms with Gasteiger partial charge in [0.2, 0.25) is 0 Å². The van der Waals surface area contributed by atoms with Crippen molar-refractivity contribution < 1.29 is 9.18 Å². The molecule has 0 aliphatic carbocycles. The van der Waals surface area contributed by atoms with Gasteiger partial charge in [0.05, 0.1) is 12.1 Å². The highest BCUT2D eigenvalue weighted by Crippen LogP contribution is 2.14. The van der Waals surface area contributed by atoms with Crippen molar-refractivity contribution >= 4 is 23.1 Å². The Hall–Kier alpha value is -1.99. The quantitative estimate of drug-likeness (QED) is 0.578. The summed E-state index contributed by atoms with van der Waals surface area (Å²) in [6.07, 6.45) is 1.32. The fraction of sp³-hybridized carbons (Fsp3) is 0.0909. The highest BCUT2D eigenvalue weighted by molar-refractivity contribution is 7.09. The van der Waals surface area contributed by atoms with Gasteiger partial charge in [-0.05, 0) is 17.5 Å². The van der Waals surface area contributed by atoms with E-state index < -0.39 is 11.7 Å². The zero-order valence-corrected chi connectivity index (χ0v) is 10.1. The summed E-state index contributed by atoms with van der Waals surface area (Å²) in [6.45, 7) is 0.365. The molecule has 2 aromatic heterocycles. The van der Waals surface area contributed by atoms with Crippen molar-refractivity contribution in [1.29, 1.82) is 0 Å². The number of carbonyl (C=O) groups is 1. The Bertz CT molecular complexity index is 544. The Labute approximate surface area is 107 Å². The molecule has 2 aromatic rings. The van der Waals surface area contributed by atoms with Crippen molar-refractivity contribution in [3.63, 3.8) is 0 Å². The molecule has 0 spiro atoms. The van der Waals surface area contributed by atoms with E-state index in [2.05, 4.69) is 15.7 Å². The molecule has 0 aromatic carbocycles. The third-order valence-electron chi connectivity index (χ3n) is 2.27. The maximum absolute atomic E-state index is 13.7. The van der Waals surface area contributed by atoms with Gasteiger partial charge in [-0.3, -0.25) is 4.79 Å². The molecular formula is C11H11FN4OS. The predicted molar refractivity (Wildman–Crippen MR) is 67.5 cm³/mol. The van der Waals surface area contributed by atoms with Crippen LogP contribution in [0.5, 0.6) is 0 Å². The molecule has 4 N–H and O–H groups in total. The molecule has 1 amide bonds. The van der Waals surface area contributed by atoms with Gasteiger partial charge in [0, 0.05) is 11.1 Å². The molecule has 0 fully saturated rings. The van der Waals surface area contributed by atoms with Crippen LogP contribution in [0.2, 0.25) is 0 Å². The van der Waals surface area contributed by atoms with E-state index >= 15 is 0 Å². The van der Waals surface area contributed by atoms with Crippen molar-refractivity contribution in [1.82, 2.24) is 10.3 Å². The minimum atomic E-state index is -0.760. The second kappa shape index (κ2) is 5.56. The van der Waals surface area contributed by atoms with Crippen LogP contribution in [0.15, 0.2) is 29.8 Å². The van der Waals surface area contributed by atoms with E-state index in [4.69, 9.17) is 5.84 Å². The Morgan fingerprint density at radius 3 is 3.00 bits per heavy atom. The molecule has 94 valence electrons. The minimum Gasteiger partial charge on any atom is -0.347 e. The van der Waals surface area contributed by atoms with Crippen LogP contribution >= 0.6 is 11.3 Å². The maximum atomic E-state index is 13.7. The molecule has 0 bridgehead atoms. The number of rotatable bonds is 4. The monoisotopic (exact) mass is 266 g/mol. The zero-order chi connectivity index (χ0) is 13.0. The van der Waals surface area contributed by atoms with Crippen LogP contribution in [0.1, 0.15) is 15.2 Å². The molecule has 0 aliphatic heterocycles. The van der Waals surface area contributed by atoms with Gasteiger partial charge in [0.15, 0.2) is 11.6 Å². The number of nitrogens with one attached hydrogen (secondary N) is 2. The van der Waals surface area contributed by atoms with Crippen LogP contribution in [0.25, 0.3) is 0 Å². The number of thiophene rings is 1. The molecule has 0 atom stereocenters. The van der Waals surface area contributed by atoms with Crippen LogP contribution in [0.4, 0.5) is 10.2 Å². The highest BCUT2D eigenvalue weighted by Gasteiger charge is 2.15. The number of nitrogen functional groups attached to an aromatic ring is 1. The first kappa shape index (κ1) is 12.5. The molecule has 0 saturated carbocycles. The van der Waals surface area contributed by atoms with E-state index in [9.17, 15) is 9.18 Å². The largest absolute Gasteiger partial charge is 0.347 e. The molecule has 2 heterocycles.